The Hall–Kier alpha value is -2.23. The maximum Gasteiger partial charge on any atom is 0.528 e. The monoisotopic (exact) mass is 289 g/mol. The minimum atomic E-state index is -0.892. The van der Waals surface area contributed by atoms with E-state index in [9.17, 15) is 0 Å². The van der Waals surface area contributed by atoms with Gasteiger partial charge in [0.15, 0.2) is 5.00 Å². The second-order valence-electron chi connectivity index (χ2n) is 3.40. The van der Waals surface area contributed by atoms with Gasteiger partial charge in [-0.15, -0.1) is 10.2 Å². The summed E-state index contributed by atoms with van der Waals surface area (Å²) in [5.41, 5.74) is 0.655. The molecule has 0 atom stereocenters. The number of nitrogens with zero attached hydrogens (tertiary/aromatic N) is 7. The second-order valence-corrected chi connectivity index (χ2v) is 5.14. The molecule has 0 aliphatic rings. The Morgan fingerprint density at radius 1 is 1.16 bits per heavy atom. The second kappa shape index (κ2) is 5.61. The Morgan fingerprint density at radius 2 is 1.89 bits per heavy atom. The van der Waals surface area contributed by atoms with E-state index in [1.54, 1.807) is 13.8 Å². The molecule has 0 fully saturated rings. The lowest BCUT2D eigenvalue weighted by molar-refractivity contribution is 1.01. The van der Waals surface area contributed by atoms with Gasteiger partial charge in [0.2, 0.25) is 5.13 Å². The SMILES string of the molecule is [C-]#[N+]C([N+]#[C-])c1nc(C)c(/N=N/c2nc(C)ns2)s1. The molecule has 0 aliphatic carbocycles. The first-order chi connectivity index (χ1) is 9.13. The molecule has 19 heavy (non-hydrogen) atoms. The van der Waals surface area contributed by atoms with Crippen LogP contribution in [-0.2, 0) is 0 Å². The number of aromatic nitrogens is 3. The van der Waals surface area contributed by atoms with Crippen molar-refractivity contribution in [3.05, 3.63) is 39.4 Å². The first-order valence-corrected chi connectivity index (χ1v) is 6.65. The molecule has 0 amide bonds. The van der Waals surface area contributed by atoms with Crippen LogP contribution in [0, 0.1) is 27.0 Å². The van der Waals surface area contributed by atoms with Crippen LogP contribution in [0.4, 0.5) is 10.1 Å². The summed E-state index contributed by atoms with van der Waals surface area (Å²) in [5.74, 6) is 0.654. The van der Waals surface area contributed by atoms with Gasteiger partial charge < -0.3 is 0 Å². The van der Waals surface area contributed by atoms with Crippen molar-refractivity contribution in [3.63, 3.8) is 0 Å². The van der Waals surface area contributed by atoms with Crippen LogP contribution in [0.2, 0.25) is 0 Å². The number of hydrogen-bond donors (Lipinski definition) is 0. The van der Waals surface area contributed by atoms with Crippen molar-refractivity contribution in [1.82, 2.24) is 14.3 Å². The predicted molar refractivity (Wildman–Crippen MR) is 71.6 cm³/mol. The molecular weight excluding hydrogens is 282 g/mol. The largest absolute Gasteiger partial charge is 0.528 e. The first kappa shape index (κ1) is 13.2. The van der Waals surface area contributed by atoms with E-state index in [1.807, 2.05) is 0 Å². The molecule has 0 saturated heterocycles. The van der Waals surface area contributed by atoms with E-state index in [-0.39, 0.29) is 0 Å². The number of thiazole rings is 1. The van der Waals surface area contributed by atoms with Gasteiger partial charge in [-0.3, -0.25) is 0 Å². The van der Waals surface area contributed by atoms with Crippen molar-refractivity contribution in [3.8, 4) is 0 Å². The Morgan fingerprint density at radius 3 is 2.47 bits per heavy atom. The molecule has 0 N–H and O–H groups in total. The van der Waals surface area contributed by atoms with E-state index < -0.39 is 6.17 Å². The molecule has 2 rings (SSSR count). The third-order valence-corrected chi connectivity index (χ3v) is 3.77. The molecule has 0 spiro atoms. The van der Waals surface area contributed by atoms with Gasteiger partial charge in [-0.2, -0.15) is 4.37 Å². The van der Waals surface area contributed by atoms with Gasteiger partial charge in [-0.1, -0.05) is 11.3 Å². The van der Waals surface area contributed by atoms with E-state index in [2.05, 4.69) is 34.3 Å². The summed E-state index contributed by atoms with van der Waals surface area (Å²) < 4.78 is 4.00. The van der Waals surface area contributed by atoms with Crippen LogP contribution in [0.15, 0.2) is 10.2 Å². The normalized spacial score (nSPS) is 10.8. The zero-order valence-electron chi connectivity index (χ0n) is 10.0. The third kappa shape index (κ3) is 2.96. The number of hydrogen-bond acceptors (Lipinski definition) is 7. The highest BCUT2D eigenvalue weighted by Gasteiger charge is 2.26. The molecule has 0 saturated carbocycles. The number of aryl methyl sites for hydroxylation is 2. The van der Waals surface area contributed by atoms with Crippen LogP contribution in [0.3, 0.4) is 0 Å². The molecule has 94 valence electrons. The van der Waals surface area contributed by atoms with E-state index >= 15 is 0 Å². The fourth-order valence-corrected chi connectivity index (χ4v) is 2.54. The van der Waals surface area contributed by atoms with Crippen molar-refractivity contribution >= 4 is 33.0 Å². The van der Waals surface area contributed by atoms with Gasteiger partial charge in [0, 0.05) is 11.5 Å². The summed E-state index contributed by atoms with van der Waals surface area (Å²) in [5, 5.41) is 9.52. The molecule has 0 aromatic carbocycles. The highest BCUT2D eigenvalue weighted by molar-refractivity contribution is 7.15. The molecule has 7 nitrogen and oxygen atoms in total. The summed E-state index contributed by atoms with van der Waals surface area (Å²) in [4.78, 5) is 14.6. The highest BCUT2D eigenvalue weighted by atomic mass is 32.1. The van der Waals surface area contributed by atoms with E-state index in [0.717, 1.165) is 11.5 Å². The van der Waals surface area contributed by atoms with E-state index in [1.165, 1.54) is 11.3 Å². The fraction of sp³-hybridized carbons (Fsp3) is 0.300. The average molecular weight is 289 g/mol. The zero-order valence-corrected chi connectivity index (χ0v) is 11.7. The summed E-state index contributed by atoms with van der Waals surface area (Å²) in [6.07, 6.45) is -0.892. The molecule has 0 bridgehead atoms. The van der Waals surface area contributed by atoms with Crippen molar-refractivity contribution in [2.75, 3.05) is 0 Å². The van der Waals surface area contributed by atoms with Gasteiger partial charge in [-0.05, 0) is 13.8 Å². The van der Waals surface area contributed by atoms with E-state index in [4.69, 9.17) is 13.1 Å². The Bertz CT molecular complexity index is 686. The van der Waals surface area contributed by atoms with Crippen LogP contribution in [0.1, 0.15) is 22.7 Å². The summed E-state index contributed by atoms with van der Waals surface area (Å²) in [7, 11) is 0. The van der Waals surface area contributed by atoms with Gasteiger partial charge in [0.1, 0.15) is 5.82 Å². The Kier molecular flexibility index (Phi) is 3.90. The van der Waals surface area contributed by atoms with Gasteiger partial charge >= 0.3 is 6.17 Å². The van der Waals surface area contributed by atoms with Crippen molar-refractivity contribution in [1.29, 1.82) is 0 Å². The average Bonchev–Trinajstić information content (AvgIpc) is 2.95. The fourth-order valence-electron chi connectivity index (χ4n) is 1.17. The lowest BCUT2D eigenvalue weighted by Crippen LogP contribution is -1.84. The quantitative estimate of drug-likeness (QED) is 0.636. The summed E-state index contributed by atoms with van der Waals surface area (Å²) in [6, 6.07) is 0. The van der Waals surface area contributed by atoms with Gasteiger partial charge in [-0.25, -0.2) is 32.8 Å². The lowest BCUT2D eigenvalue weighted by Gasteiger charge is -1.83. The molecule has 0 unspecified atom stereocenters. The molecule has 0 aliphatic heterocycles. The smallest absolute Gasteiger partial charge is 0.229 e. The molecule has 2 heterocycles. The summed E-state index contributed by atoms with van der Waals surface area (Å²) >= 11 is 2.36. The minimum absolute atomic E-state index is 0.449. The molecule has 2 aromatic rings. The zero-order chi connectivity index (χ0) is 13.8. The molecular formula is C10H7N7S2. The number of azo groups is 1. The topological polar surface area (TPSA) is 72.1 Å². The molecule has 2 aromatic heterocycles. The van der Waals surface area contributed by atoms with Crippen molar-refractivity contribution in [2.24, 2.45) is 10.2 Å². The maximum atomic E-state index is 6.92. The summed E-state index contributed by atoms with van der Waals surface area (Å²) in [6.45, 7) is 17.4. The van der Waals surface area contributed by atoms with Crippen LogP contribution < -0.4 is 0 Å². The minimum Gasteiger partial charge on any atom is -0.229 e. The van der Waals surface area contributed by atoms with Crippen LogP contribution in [-0.4, -0.2) is 14.3 Å². The van der Waals surface area contributed by atoms with Crippen LogP contribution in [0.5, 0.6) is 0 Å². The number of rotatable bonds is 3. The van der Waals surface area contributed by atoms with Crippen molar-refractivity contribution in [2.45, 2.75) is 20.0 Å². The highest BCUT2D eigenvalue weighted by Crippen LogP contribution is 2.34. The van der Waals surface area contributed by atoms with Crippen molar-refractivity contribution < 1.29 is 0 Å². The molecule has 0 radical (unpaired) electrons. The maximum absolute atomic E-state index is 6.92. The Labute approximate surface area is 117 Å². The van der Waals surface area contributed by atoms with Gasteiger partial charge in [0.05, 0.1) is 5.69 Å². The predicted octanol–water partition coefficient (Wildman–Crippen LogP) is 3.86. The standard InChI is InChI=1S/C10H7N7S2/c1-5-8(15-16-10-14-6(2)17-19-10)18-9(13-5)7(11-3)12-4/h7H,1-2H3/b16-15+. The van der Waals surface area contributed by atoms with Crippen LogP contribution in [0.25, 0.3) is 9.69 Å². The van der Waals surface area contributed by atoms with Gasteiger partial charge in [0.25, 0.3) is 5.01 Å². The van der Waals surface area contributed by atoms with Crippen LogP contribution >= 0.6 is 22.9 Å². The Balaban J connectivity index is 2.25. The van der Waals surface area contributed by atoms with E-state index in [0.29, 0.717) is 26.7 Å². The first-order valence-electron chi connectivity index (χ1n) is 5.06. The molecule has 9 heteroatoms. The third-order valence-electron chi connectivity index (χ3n) is 2.00. The lowest BCUT2D eigenvalue weighted by atomic mass is 10.5.